The van der Waals surface area contributed by atoms with Crippen molar-refractivity contribution in [1.82, 2.24) is 0 Å². The molecule has 4 nitrogen and oxygen atoms in total. The van der Waals surface area contributed by atoms with Crippen molar-refractivity contribution in [2.24, 2.45) is 0 Å². The van der Waals surface area contributed by atoms with Gasteiger partial charge >= 0.3 is 6.09 Å². The van der Waals surface area contributed by atoms with Gasteiger partial charge in [-0.3, -0.25) is 0 Å². The summed E-state index contributed by atoms with van der Waals surface area (Å²) in [7, 11) is 1.66. The zero-order chi connectivity index (χ0) is 13.0. The van der Waals surface area contributed by atoms with Crippen molar-refractivity contribution in [3.05, 3.63) is 24.3 Å². The number of amides is 1. The van der Waals surface area contributed by atoms with Gasteiger partial charge < -0.3 is 22.3 Å². The molecular formula is C13H18ClNO3S. The standard InChI is InChI=1S/C13H17NO3S.ClH/c1-17-10-2-4-11(5-3-10)18-12-6-8-14(9-7-12)13(15)16;/h2-5,12H,6-9H2,1H3,(H,15,16);1H. The predicted octanol–water partition coefficient (Wildman–Crippen LogP) is -1.48. The molecule has 19 heavy (non-hydrogen) atoms. The summed E-state index contributed by atoms with van der Waals surface area (Å²) in [5, 5.41) is 9.44. The highest BCUT2D eigenvalue weighted by Gasteiger charge is 2.27. The zero-order valence-corrected chi connectivity index (χ0v) is 12.3. The van der Waals surface area contributed by atoms with Crippen LogP contribution >= 0.6 is 11.8 Å². The molecule has 2 N–H and O–H groups in total. The van der Waals surface area contributed by atoms with Crippen LogP contribution < -0.4 is 22.0 Å². The second-order valence-electron chi connectivity index (χ2n) is 4.40. The first-order valence-electron chi connectivity index (χ1n) is 6.07. The van der Waals surface area contributed by atoms with Gasteiger partial charge in [0.15, 0.2) is 0 Å². The fourth-order valence-electron chi connectivity index (χ4n) is 2.12. The molecule has 1 aromatic rings. The minimum atomic E-state index is -0.720. The largest absolute Gasteiger partial charge is 1.00 e. The van der Waals surface area contributed by atoms with E-state index in [2.05, 4.69) is 12.1 Å². The Balaban J connectivity index is 0.00000180. The maximum absolute atomic E-state index is 10.8. The van der Waals surface area contributed by atoms with Crippen LogP contribution in [0, 0.1) is 0 Å². The molecule has 1 saturated heterocycles. The summed E-state index contributed by atoms with van der Waals surface area (Å²) in [6.07, 6.45) is 1.19. The Morgan fingerprint density at radius 1 is 1.32 bits per heavy atom. The van der Waals surface area contributed by atoms with E-state index in [0.717, 1.165) is 31.7 Å². The van der Waals surface area contributed by atoms with Gasteiger partial charge in [-0.1, -0.05) is 0 Å². The van der Waals surface area contributed by atoms with E-state index in [4.69, 9.17) is 9.84 Å². The highest BCUT2D eigenvalue weighted by Crippen LogP contribution is 2.29. The highest BCUT2D eigenvalue weighted by molar-refractivity contribution is 8.00. The number of benzene rings is 1. The Kier molecular flexibility index (Phi) is 6.48. The first-order valence-corrected chi connectivity index (χ1v) is 6.95. The van der Waals surface area contributed by atoms with Gasteiger partial charge in [0.05, 0.1) is 20.2 Å². The minimum Gasteiger partial charge on any atom is -1.00 e. The molecule has 0 spiro atoms. The Morgan fingerprint density at radius 3 is 2.37 bits per heavy atom. The smallest absolute Gasteiger partial charge is 0.511 e. The molecule has 0 radical (unpaired) electrons. The highest BCUT2D eigenvalue weighted by atomic mass is 35.5. The number of nitrogens with one attached hydrogen (secondary N) is 1. The molecule has 1 aliphatic rings. The summed E-state index contributed by atoms with van der Waals surface area (Å²) in [5.41, 5.74) is 0. The van der Waals surface area contributed by atoms with Crippen molar-refractivity contribution in [2.45, 2.75) is 23.0 Å². The summed E-state index contributed by atoms with van der Waals surface area (Å²) in [5.74, 6) is 0.865. The van der Waals surface area contributed by atoms with Gasteiger partial charge in [-0.25, -0.2) is 4.90 Å². The third-order valence-electron chi connectivity index (χ3n) is 3.20. The molecule has 0 saturated carbocycles. The summed E-state index contributed by atoms with van der Waals surface area (Å²) in [6, 6.07) is 8.03. The topological polar surface area (TPSA) is 51.0 Å². The fourth-order valence-corrected chi connectivity index (χ4v) is 3.27. The number of carboxylic acid groups (broad SMARTS) is 1. The first-order chi connectivity index (χ1) is 8.69. The number of quaternary nitrogens is 1. The van der Waals surface area contributed by atoms with E-state index in [1.54, 1.807) is 7.11 Å². The third kappa shape index (κ3) is 4.60. The first kappa shape index (κ1) is 16.1. The molecule has 1 aliphatic heterocycles. The maximum Gasteiger partial charge on any atom is 0.511 e. The Hall–Kier alpha value is -0.910. The minimum absolute atomic E-state index is 0. The lowest BCUT2D eigenvalue weighted by Crippen LogP contribution is -3.15. The van der Waals surface area contributed by atoms with Crippen molar-refractivity contribution < 1.29 is 31.9 Å². The van der Waals surface area contributed by atoms with E-state index < -0.39 is 6.09 Å². The number of rotatable bonds is 3. The number of hydrogen-bond donors (Lipinski definition) is 2. The molecule has 0 aliphatic carbocycles. The monoisotopic (exact) mass is 303 g/mol. The van der Waals surface area contributed by atoms with Crippen LogP contribution in [0.5, 0.6) is 5.75 Å². The lowest BCUT2D eigenvalue weighted by atomic mass is 10.1. The van der Waals surface area contributed by atoms with Crippen LogP contribution in [0.2, 0.25) is 0 Å². The average Bonchev–Trinajstić information content (AvgIpc) is 2.40. The van der Waals surface area contributed by atoms with Crippen LogP contribution in [0.4, 0.5) is 4.79 Å². The van der Waals surface area contributed by atoms with Crippen LogP contribution in [0.3, 0.4) is 0 Å². The van der Waals surface area contributed by atoms with Gasteiger partial charge in [0.1, 0.15) is 5.75 Å². The van der Waals surface area contributed by atoms with Gasteiger partial charge in [-0.05, 0) is 24.3 Å². The SMILES string of the molecule is COc1ccc(SC2CC[NH+](C(=O)O)CC2)cc1.[Cl-]. The Bertz CT molecular complexity index is 405. The molecule has 0 unspecified atom stereocenters. The van der Waals surface area contributed by atoms with Crippen molar-refractivity contribution in [3.8, 4) is 5.75 Å². The molecule has 6 heteroatoms. The molecule has 106 valence electrons. The quantitative estimate of drug-likeness (QED) is 0.715. The van der Waals surface area contributed by atoms with Crippen LogP contribution in [0.25, 0.3) is 0 Å². The number of thioether (sulfide) groups is 1. The zero-order valence-electron chi connectivity index (χ0n) is 10.8. The fraction of sp³-hybridized carbons (Fsp3) is 0.462. The lowest BCUT2D eigenvalue weighted by molar-refractivity contribution is -0.828. The number of halogens is 1. The van der Waals surface area contributed by atoms with E-state index in [9.17, 15) is 4.79 Å². The summed E-state index contributed by atoms with van der Waals surface area (Å²) >= 11 is 1.84. The number of carbonyl (C=O) groups is 1. The van der Waals surface area contributed by atoms with E-state index in [-0.39, 0.29) is 12.4 Å². The van der Waals surface area contributed by atoms with Crippen LogP contribution in [-0.4, -0.2) is 36.6 Å². The normalized spacial score (nSPS) is 22.4. The molecule has 0 bridgehead atoms. The molecule has 2 rings (SSSR count). The Morgan fingerprint density at radius 2 is 1.89 bits per heavy atom. The summed E-state index contributed by atoms with van der Waals surface area (Å²) in [4.78, 5) is 12.7. The number of piperidine rings is 1. The number of hydrogen-bond acceptors (Lipinski definition) is 3. The molecular weight excluding hydrogens is 286 g/mol. The van der Waals surface area contributed by atoms with Gasteiger partial charge in [-0.15, -0.1) is 11.8 Å². The third-order valence-corrected chi connectivity index (χ3v) is 4.55. The van der Waals surface area contributed by atoms with Gasteiger partial charge in [0.25, 0.3) is 0 Å². The second kappa shape index (κ2) is 7.62. The molecule has 1 amide bonds. The molecule has 1 fully saturated rings. The van der Waals surface area contributed by atoms with E-state index in [1.165, 1.54) is 4.90 Å². The van der Waals surface area contributed by atoms with E-state index >= 15 is 0 Å². The summed E-state index contributed by atoms with van der Waals surface area (Å²) < 4.78 is 5.12. The second-order valence-corrected chi connectivity index (χ2v) is 5.78. The van der Waals surface area contributed by atoms with E-state index in [1.807, 2.05) is 23.9 Å². The molecule has 0 aromatic heterocycles. The van der Waals surface area contributed by atoms with E-state index in [0.29, 0.717) is 10.1 Å². The van der Waals surface area contributed by atoms with Crippen LogP contribution in [0.1, 0.15) is 12.8 Å². The Labute approximate surface area is 123 Å². The molecule has 1 aromatic carbocycles. The van der Waals surface area contributed by atoms with Crippen LogP contribution in [0.15, 0.2) is 29.2 Å². The number of methoxy groups -OCH3 is 1. The van der Waals surface area contributed by atoms with Gasteiger partial charge in [0, 0.05) is 23.0 Å². The van der Waals surface area contributed by atoms with Crippen molar-refractivity contribution in [2.75, 3.05) is 20.2 Å². The number of likely N-dealkylation sites (tertiary alicyclic amines) is 1. The van der Waals surface area contributed by atoms with Crippen molar-refractivity contribution in [3.63, 3.8) is 0 Å². The predicted molar refractivity (Wildman–Crippen MR) is 70.6 cm³/mol. The molecule has 1 heterocycles. The number of ether oxygens (including phenoxy) is 1. The molecule has 0 atom stereocenters. The van der Waals surface area contributed by atoms with Crippen LogP contribution in [-0.2, 0) is 0 Å². The summed E-state index contributed by atoms with van der Waals surface area (Å²) in [6.45, 7) is 1.45. The van der Waals surface area contributed by atoms with Gasteiger partial charge in [0.2, 0.25) is 0 Å². The lowest BCUT2D eigenvalue weighted by Gasteiger charge is -2.25. The van der Waals surface area contributed by atoms with Crippen molar-refractivity contribution in [1.29, 1.82) is 0 Å². The van der Waals surface area contributed by atoms with Gasteiger partial charge in [-0.2, -0.15) is 4.79 Å². The maximum atomic E-state index is 10.8. The average molecular weight is 304 g/mol. The van der Waals surface area contributed by atoms with Crippen molar-refractivity contribution >= 4 is 17.9 Å².